The number of fused-ring (bicyclic) bond motifs is 2. The van der Waals surface area contributed by atoms with Gasteiger partial charge in [0, 0.05) is 23.6 Å². The van der Waals surface area contributed by atoms with E-state index in [4.69, 9.17) is 9.15 Å². The van der Waals surface area contributed by atoms with Crippen LogP contribution in [0.5, 0.6) is 10.9 Å². The van der Waals surface area contributed by atoms with E-state index in [-0.39, 0.29) is 0 Å². The summed E-state index contributed by atoms with van der Waals surface area (Å²) < 4.78 is 12.8. The number of nitrogens with one attached hydrogen (secondary N) is 1. The van der Waals surface area contributed by atoms with Crippen molar-refractivity contribution in [2.24, 2.45) is 0 Å². The van der Waals surface area contributed by atoms with Gasteiger partial charge in [-0.3, -0.25) is 0 Å². The van der Waals surface area contributed by atoms with Crippen molar-refractivity contribution in [2.45, 2.75) is 13.0 Å². The fourth-order valence-corrected chi connectivity index (χ4v) is 4.19. The lowest BCUT2D eigenvalue weighted by Gasteiger charge is -2.04. The number of ether oxygens (including phenoxy) is 1. The number of rotatable bonds is 7. The molecule has 0 saturated heterocycles. The standard InChI is InChI=1S/C24H20N2O2S/c1-2-6-17(7-3-1)12-13-25-15-18-16-27-22-14-19(10-11-20(18)22)28-24-26-21-8-4-5-9-23(21)29-24/h1-11,14,16,25H,12-13,15H2. The first-order valence-corrected chi connectivity index (χ1v) is 10.4. The molecule has 3 aromatic carbocycles. The van der Waals surface area contributed by atoms with Crippen LogP contribution in [-0.2, 0) is 13.0 Å². The van der Waals surface area contributed by atoms with Crippen molar-refractivity contribution in [1.82, 2.24) is 10.3 Å². The molecule has 29 heavy (non-hydrogen) atoms. The van der Waals surface area contributed by atoms with Gasteiger partial charge in [-0.1, -0.05) is 53.8 Å². The minimum Gasteiger partial charge on any atom is -0.464 e. The molecule has 0 atom stereocenters. The first-order valence-electron chi connectivity index (χ1n) is 9.63. The maximum Gasteiger partial charge on any atom is 0.279 e. The molecule has 0 aliphatic heterocycles. The number of aromatic nitrogens is 1. The number of hydrogen-bond acceptors (Lipinski definition) is 5. The zero-order valence-corrected chi connectivity index (χ0v) is 16.6. The van der Waals surface area contributed by atoms with Crippen LogP contribution in [0.1, 0.15) is 11.1 Å². The molecule has 0 unspecified atom stereocenters. The lowest BCUT2D eigenvalue weighted by Crippen LogP contribution is -2.16. The van der Waals surface area contributed by atoms with Crippen LogP contribution in [0, 0.1) is 0 Å². The molecule has 5 rings (SSSR count). The topological polar surface area (TPSA) is 47.3 Å². The Morgan fingerprint density at radius 1 is 0.966 bits per heavy atom. The van der Waals surface area contributed by atoms with E-state index in [0.29, 0.717) is 5.19 Å². The Hall–Kier alpha value is -3.15. The largest absolute Gasteiger partial charge is 0.464 e. The Kier molecular flexibility index (Phi) is 4.99. The van der Waals surface area contributed by atoms with Crippen molar-refractivity contribution in [3.8, 4) is 10.9 Å². The lowest BCUT2D eigenvalue weighted by molar-refractivity contribution is 0.479. The van der Waals surface area contributed by atoms with E-state index in [1.807, 2.05) is 48.7 Å². The Balaban J connectivity index is 1.24. The van der Waals surface area contributed by atoms with Gasteiger partial charge in [0.05, 0.1) is 16.5 Å². The molecule has 4 nitrogen and oxygen atoms in total. The summed E-state index contributed by atoms with van der Waals surface area (Å²) in [6.07, 6.45) is 2.83. The summed E-state index contributed by atoms with van der Waals surface area (Å²) in [5.74, 6) is 0.731. The second-order valence-corrected chi connectivity index (χ2v) is 7.87. The lowest BCUT2D eigenvalue weighted by atomic mass is 10.1. The highest BCUT2D eigenvalue weighted by Gasteiger charge is 2.10. The number of benzene rings is 3. The van der Waals surface area contributed by atoms with Crippen LogP contribution in [0.15, 0.2) is 83.5 Å². The van der Waals surface area contributed by atoms with Crippen LogP contribution in [0.4, 0.5) is 0 Å². The molecule has 0 aliphatic rings. The van der Waals surface area contributed by atoms with E-state index in [0.717, 1.165) is 52.0 Å². The van der Waals surface area contributed by atoms with Gasteiger partial charge in [-0.15, -0.1) is 0 Å². The van der Waals surface area contributed by atoms with Crippen molar-refractivity contribution in [3.63, 3.8) is 0 Å². The molecular formula is C24H20N2O2S. The fraction of sp³-hybridized carbons (Fsp3) is 0.125. The molecule has 5 heteroatoms. The van der Waals surface area contributed by atoms with Crippen molar-refractivity contribution < 1.29 is 9.15 Å². The van der Waals surface area contributed by atoms with E-state index < -0.39 is 0 Å². The summed E-state index contributed by atoms with van der Waals surface area (Å²) in [5, 5.41) is 5.24. The highest BCUT2D eigenvalue weighted by Crippen LogP contribution is 2.33. The van der Waals surface area contributed by atoms with Gasteiger partial charge in [-0.05, 0) is 42.8 Å². The smallest absolute Gasteiger partial charge is 0.279 e. The predicted molar refractivity (Wildman–Crippen MR) is 118 cm³/mol. The van der Waals surface area contributed by atoms with Gasteiger partial charge in [0.1, 0.15) is 11.3 Å². The third-order valence-electron chi connectivity index (χ3n) is 4.86. The summed E-state index contributed by atoms with van der Waals surface area (Å²) in [4.78, 5) is 4.52. The molecule has 5 aromatic rings. The van der Waals surface area contributed by atoms with Crippen molar-refractivity contribution in [3.05, 3.63) is 90.2 Å². The molecule has 0 bridgehead atoms. The summed E-state index contributed by atoms with van der Waals surface area (Å²) >= 11 is 1.54. The highest BCUT2D eigenvalue weighted by atomic mass is 32.1. The summed E-state index contributed by atoms with van der Waals surface area (Å²) in [7, 11) is 0. The van der Waals surface area contributed by atoms with E-state index in [1.54, 1.807) is 11.3 Å². The van der Waals surface area contributed by atoms with Gasteiger partial charge in [0.15, 0.2) is 0 Å². The molecule has 2 aromatic heterocycles. The Bertz CT molecular complexity index is 1210. The Labute approximate surface area is 172 Å². The Morgan fingerprint density at radius 2 is 1.83 bits per heavy atom. The van der Waals surface area contributed by atoms with Crippen LogP contribution < -0.4 is 10.1 Å². The number of para-hydroxylation sites is 1. The fourth-order valence-electron chi connectivity index (χ4n) is 3.36. The van der Waals surface area contributed by atoms with Crippen molar-refractivity contribution in [2.75, 3.05) is 6.54 Å². The quantitative estimate of drug-likeness (QED) is 0.332. The number of nitrogens with zero attached hydrogens (tertiary/aromatic N) is 1. The van der Waals surface area contributed by atoms with Gasteiger partial charge in [0.25, 0.3) is 5.19 Å². The average molecular weight is 401 g/mol. The van der Waals surface area contributed by atoms with Crippen LogP contribution in [0.3, 0.4) is 0 Å². The molecule has 0 spiro atoms. The zero-order chi connectivity index (χ0) is 19.5. The van der Waals surface area contributed by atoms with Crippen LogP contribution >= 0.6 is 11.3 Å². The van der Waals surface area contributed by atoms with Gasteiger partial charge in [-0.2, -0.15) is 0 Å². The molecule has 1 N–H and O–H groups in total. The molecular weight excluding hydrogens is 380 g/mol. The van der Waals surface area contributed by atoms with Crippen LogP contribution in [0.25, 0.3) is 21.2 Å². The number of hydrogen-bond donors (Lipinski definition) is 1. The SMILES string of the molecule is c1ccc(CCNCc2coc3cc(Oc4nc5ccccc5s4)ccc23)cc1. The third kappa shape index (κ3) is 4.01. The van der Waals surface area contributed by atoms with Crippen molar-refractivity contribution in [1.29, 1.82) is 0 Å². The molecule has 0 fully saturated rings. The highest BCUT2D eigenvalue weighted by molar-refractivity contribution is 7.20. The minimum atomic E-state index is 0.639. The minimum absolute atomic E-state index is 0.639. The monoisotopic (exact) mass is 400 g/mol. The molecule has 144 valence electrons. The van der Waals surface area contributed by atoms with Gasteiger partial charge >= 0.3 is 0 Å². The van der Waals surface area contributed by atoms with E-state index in [1.165, 1.54) is 5.56 Å². The number of furan rings is 1. The second kappa shape index (κ2) is 8.07. The number of thiazole rings is 1. The molecule has 0 radical (unpaired) electrons. The van der Waals surface area contributed by atoms with E-state index >= 15 is 0 Å². The van der Waals surface area contributed by atoms with E-state index in [2.05, 4.69) is 40.6 Å². The summed E-state index contributed by atoms with van der Waals surface area (Å²) in [6.45, 7) is 1.70. The maximum absolute atomic E-state index is 5.96. The Morgan fingerprint density at radius 3 is 2.72 bits per heavy atom. The second-order valence-electron chi connectivity index (χ2n) is 6.88. The molecule has 0 amide bonds. The van der Waals surface area contributed by atoms with E-state index in [9.17, 15) is 0 Å². The average Bonchev–Trinajstić information content (AvgIpc) is 3.35. The first-order chi connectivity index (χ1) is 14.3. The third-order valence-corrected chi connectivity index (χ3v) is 5.77. The molecule has 0 aliphatic carbocycles. The first kappa shape index (κ1) is 17.9. The van der Waals surface area contributed by atoms with Gasteiger partial charge in [0.2, 0.25) is 0 Å². The summed E-state index contributed by atoms with van der Waals surface area (Å²) in [6, 6.07) is 24.5. The zero-order valence-electron chi connectivity index (χ0n) is 15.8. The molecule has 0 saturated carbocycles. The van der Waals surface area contributed by atoms with Gasteiger partial charge < -0.3 is 14.5 Å². The van der Waals surface area contributed by atoms with Crippen LogP contribution in [0.2, 0.25) is 0 Å². The van der Waals surface area contributed by atoms with Crippen LogP contribution in [-0.4, -0.2) is 11.5 Å². The maximum atomic E-state index is 5.96. The normalized spacial score (nSPS) is 11.3. The predicted octanol–water partition coefficient (Wildman–Crippen LogP) is 6.17. The summed E-state index contributed by atoms with van der Waals surface area (Å²) in [5.41, 5.74) is 4.27. The van der Waals surface area contributed by atoms with Crippen molar-refractivity contribution >= 4 is 32.5 Å². The van der Waals surface area contributed by atoms with Gasteiger partial charge in [-0.25, -0.2) is 4.98 Å². The molecule has 2 heterocycles.